The van der Waals surface area contributed by atoms with Crippen molar-refractivity contribution in [3.05, 3.63) is 59.9 Å². The number of aromatic nitrogens is 5. The average Bonchev–Trinajstić information content (AvgIpc) is 2.95. The quantitative estimate of drug-likeness (QED) is 0.782. The second-order valence-electron chi connectivity index (χ2n) is 4.37. The molecule has 1 N–H and O–H groups in total. The van der Waals surface area contributed by atoms with Crippen LogP contribution in [0, 0.1) is 6.92 Å². The fraction of sp³-hybridized carbons (Fsp3) is 0.143. The minimum atomic E-state index is 0.578. The van der Waals surface area contributed by atoms with Crippen LogP contribution in [0.25, 0.3) is 5.69 Å². The van der Waals surface area contributed by atoms with Crippen molar-refractivity contribution in [1.82, 2.24) is 25.2 Å². The first-order chi connectivity index (χ1) is 9.83. The molecule has 6 nitrogen and oxygen atoms in total. The summed E-state index contributed by atoms with van der Waals surface area (Å²) in [6, 6.07) is 15.7. The van der Waals surface area contributed by atoms with Crippen molar-refractivity contribution in [1.29, 1.82) is 0 Å². The van der Waals surface area contributed by atoms with Gasteiger partial charge in [-0.15, -0.1) is 0 Å². The Balaban J connectivity index is 1.78. The molecule has 0 unspecified atom stereocenters. The summed E-state index contributed by atoms with van der Waals surface area (Å²) in [6.45, 7) is 2.55. The van der Waals surface area contributed by atoms with Crippen LogP contribution in [0.15, 0.2) is 48.5 Å². The highest BCUT2D eigenvalue weighted by atomic mass is 15.6. The number of aryl methyl sites for hydroxylation is 1. The van der Waals surface area contributed by atoms with Crippen molar-refractivity contribution in [2.75, 3.05) is 5.32 Å². The molecule has 0 amide bonds. The molecule has 0 aliphatic rings. The van der Waals surface area contributed by atoms with Crippen LogP contribution in [0.5, 0.6) is 0 Å². The van der Waals surface area contributed by atoms with Crippen LogP contribution in [-0.4, -0.2) is 25.2 Å². The SMILES string of the molecule is Cc1cccc(CNc2nnnn2-c2ccccc2)n1. The molecule has 0 saturated carbocycles. The van der Waals surface area contributed by atoms with Crippen molar-refractivity contribution in [2.24, 2.45) is 0 Å². The molecule has 1 aromatic carbocycles. The molecule has 2 heterocycles. The van der Waals surface area contributed by atoms with E-state index in [0.717, 1.165) is 17.1 Å². The molecule has 100 valence electrons. The van der Waals surface area contributed by atoms with E-state index in [1.807, 2.05) is 55.5 Å². The third-order valence-corrected chi connectivity index (χ3v) is 2.84. The highest BCUT2D eigenvalue weighted by molar-refractivity contribution is 5.38. The van der Waals surface area contributed by atoms with Crippen molar-refractivity contribution in [3.8, 4) is 5.69 Å². The zero-order chi connectivity index (χ0) is 13.8. The highest BCUT2D eigenvalue weighted by Gasteiger charge is 2.07. The Bertz CT molecular complexity index is 692. The summed E-state index contributed by atoms with van der Waals surface area (Å²) in [5.41, 5.74) is 2.86. The lowest BCUT2D eigenvalue weighted by Gasteiger charge is -2.06. The van der Waals surface area contributed by atoms with Crippen LogP contribution in [0.1, 0.15) is 11.4 Å². The van der Waals surface area contributed by atoms with Gasteiger partial charge in [-0.2, -0.15) is 4.68 Å². The van der Waals surface area contributed by atoms with Crippen molar-refractivity contribution in [3.63, 3.8) is 0 Å². The highest BCUT2D eigenvalue weighted by Crippen LogP contribution is 2.11. The predicted octanol–water partition coefficient (Wildman–Crippen LogP) is 1.98. The molecule has 0 aliphatic heterocycles. The van der Waals surface area contributed by atoms with Gasteiger partial charge in [0.2, 0.25) is 5.95 Å². The Kier molecular flexibility index (Phi) is 3.36. The number of pyridine rings is 1. The lowest BCUT2D eigenvalue weighted by atomic mass is 10.3. The largest absolute Gasteiger partial charge is 0.347 e. The van der Waals surface area contributed by atoms with E-state index in [0.29, 0.717) is 12.5 Å². The van der Waals surface area contributed by atoms with E-state index < -0.39 is 0 Å². The van der Waals surface area contributed by atoms with E-state index >= 15 is 0 Å². The number of nitrogens with zero attached hydrogens (tertiary/aromatic N) is 5. The molecule has 0 atom stereocenters. The Labute approximate surface area is 116 Å². The predicted molar refractivity (Wildman–Crippen MR) is 75.5 cm³/mol. The van der Waals surface area contributed by atoms with E-state index in [9.17, 15) is 0 Å². The molecular weight excluding hydrogens is 252 g/mol. The number of hydrogen-bond acceptors (Lipinski definition) is 5. The Hall–Kier alpha value is -2.76. The molecule has 0 bridgehead atoms. The third kappa shape index (κ3) is 2.64. The number of nitrogens with one attached hydrogen (secondary N) is 1. The lowest BCUT2D eigenvalue weighted by molar-refractivity contribution is 0.788. The maximum Gasteiger partial charge on any atom is 0.248 e. The standard InChI is InChI=1S/C14H14N6/c1-11-6-5-7-12(16-11)10-15-14-17-18-19-20(14)13-8-3-2-4-9-13/h2-9H,10H2,1H3,(H,15,17,19). The number of tetrazole rings is 1. The molecule has 20 heavy (non-hydrogen) atoms. The van der Waals surface area contributed by atoms with Crippen molar-refractivity contribution in [2.45, 2.75) is 13.5 Å². The summed E-state index contributed by atoms with van der Waals surface area (Å²) in [6.07, 6.45) is 0. The van der Waals surface area contributed by atoms with E-state index in [1.165, 1.54) is 0 Å². The van der Waals surface area contributed by atoms with E-state index in [1.54, 1.807) is 4.68 Å². The molecule has 3 rings (SSSR count). The second-order valence-corrected chi connectivity index (χ2v) is 4.37. The van der Waals surface area contributed by atoms with Crippen LogP contribution in [0.2, 0.25) is 0 Å². The first-order valence-electron chi connectivity index (χ1n) is 6.33. The summed E-state index contributed by atoms with van der Waals surface area (Å²) in [5, 5.41) is 14.9. The van der Waals surface area contributed by atoms with Crippen LogP contribution in [0.4, 0.5) is 5.95 Å². The van der Waals surface area contributed by atoms with Crippen molar-refractivity contribution < 1.29 is 0 Å². The van der Waals surface area contributed by atoms with Gasteiger partial charge >= 0.3 is 0 Å². The van der Waals surface area contributed by atoms with Gasteiger partial charge in [-0.05, 0) is 41.6 Å². The molecule has 0 fully saturated rings. The minimum Gasteiger partial charge on any atom is -0.347 e. The van der Waals surface area contributed by atoms with E-state index in [-0.39, 0.29) is 0 Å². The van der Waals surface area contributed by atoms with Crippen LogP contribution >= 0.6 is 0 Å². The zero-order valence-electron chi connectivity index (χ0n) is 11.1. The van der Waals surface area contributed by atoms with Gasteiger partial charge in [-0.1, -0.05) is 29.4 Å². The first kappa shape index (κ1) is 12.3. The number of benzene rings is 1. The van der Waals surface area contributed by atoms with Gasteiger partial charge in [-0.25, -0.2) is 0 Å². The third-order valence-electron chi connectivity index (χ3n) is 2.84. The van der Waals surface area contributed by atoms with Gasteiger partial charge in [0.05, 0.1) is 17.9 Å². The van der Waals surface area contributed by atoms with Gasteiger partial charge < -0.3 is 5.32 Å². The monoisotopic (exact) mass is 266 g/mol. The molecule has 0 radical (unpaired) electrons. The topological polar surface area (TPSA) is 68.5 Å². The van der Waals surface area contributed by atoms with Crippen molar-refractivity contribution >= 4 is 5.95 Å². The molecule has 0 saturated heterocycles. The Morgan fingerprint density at radius 2 is 1.90 bits per heavy atom. The van der Waals surface area contributed by atoms with Crippen LogP contribution in [-0.2, 0) is 6.54 Å². The molecule has 2 aromatic heterocycles. The number of hydrogen-bond donors (Lipinski definition) is 1. The van der Waals surface area contributed by atoms with Crippen LogP contribution in [0.3, 0.4) is 0 Å². The summed E-state index contributed by atoms with van der Waals surface area (Å²) >= 11 is 0. The Morgan fingerprint density at radius 3 is 2.70 bits per heavy atom. The smallest absolute Gasteiger partial charge is 0.248 e. The summed E-state index contributed by atoms with van der Waals surface area (Å²) < 4.78 is 1.66. The number of anilines is 1. The lowest BCUT2D eigenvalue weighted by Crippen LogP contribution is -2.08. The second kappa shape index (κ2) is 5.48. The average molecular weight is 266 g/mol. The number of rotatable bonds is 4. The summed E-state index contributed by atoms with van der Waals surface area (Å²) in [5.74, 6) is 0.597. The molecule has 3 aromatic rings. The molecule has 6 heteroatoms. The normalized spacial score (nSPS) is 10.4. The molecule has 0 aliphatic carbocycles. The van der Waals surface area contributed by atoms with Gasteiger partial charge in [0.25, 0.3) is 0 Å². The van der Waals surface area contributed by atoms with E-state index in [2.05, 4.69) is 25.8 Å². The minimum absolute atomic E-state index is 0.578. The van der Waals surface area contributed by atoms with Crippen LogP contribution < -0.4 is 5.32 Å². The maximum absolute atomic E-state index is 4.43. The summed E-state index contributed by atoms with van der Waals surface area (Å²) in [7, 11) is 0. The molecule has 0 spiro atoms. The van der Waals surface area contributed by atoms with Gasteiger partial charge in [-0.3, -0.25) is 4.98 Å². The van der Waals surface area contributed by atoms with Gasteiger partial charge in [0.15, 0.2) is 0 Å². The fourth-order valence-corrected chi connectivity index (χ4v) is 1.91. The fourth-order valence-electron chi connectivity index (χ4n) is 1.91. The Morgan fingerprint density at radius 1 is 1.05 bits per heavy atom. The summed E-state index contributed by atoms with van der Waals surface area (Å²) in [4.78, 5) is 4.43. The van der Waals surface area contributed by atoms with E-state index in [4.69, 9.17) is 0 Å². The zero-order valence-corrected chi connectivity index (χ0v) is 11.1. The molecular formula is C14H14N6. The maximum atomic E-state index is 4.43. The van der Waals surface area contributed by atoms with Gasteiger partial charge in [0, 0.05) is 5.69 Å². The number of para-hydroxylation sites is 1. The van der Waals surface area contributed by atoms with Gasteiger partial charge in [0.1, 0.15) is 0 Å². The first-order valence-corrected chi connectivity index (χ1v) is 6.33.